The van der Waals surface area contributed by atoms with E-state index in [1.807, 2.05) is 133 Å². The van der Waals surface area contributed by atoms with Gasteiger partial charge in [-0.1, -0.05) is 149 Å². The highest BCUT2D eigenvalue weighted by Gasteiger charge is 2.56. The van der Waals surface area contributed by atoms with Gasteiger partial charge in [-0.2, -0.15) is 0 Å². The van der Waals surface area contributed by atoms with E-state index in [1.165, 1.54) is 0 Å². The van der Waals surface area contributed by atoms with Gasteiger partial charge in [0.2, 0.25) is 5.91 Å². The van der Waals surface area contributed by atoms with Gasteiger partial charge in [-0.15, -0.1) is 0 Å². The van der Waals surface area contributed by atoms with Crippen LogP contribution < -0.4 is 5.32 Å². The summed E-state index contributed by atoms with van der Waals surface area (Å²) in [5, 5.41) is 15.9. The van der Waals surface area contributed by atoms with E-state index in [0.717, 1.165) is 41.5 Å². The molecule has 9 nitrogen and oxygen atoms in total. The molecule has 0 aromatic heterocycles. The molecule has 3 aliphatic rings. The van der Waals surface area contributed by atoms with Crippen LogP contribution in [0.5, 0.6) is 0 Å². The Kier molecular flexibility index (Phi) is 15.0. The van der Waals surface area contributed by atoms with Crippen LogP contribution >= 0.6 is 0 Å². The van der Waals surface area contributed by atoms with E-state index in [0.29, 0.717) is 44.2 Å². The van der Waals surface area contributed by atoms with Gasteiger partial charge in [-0.25, -0.2) is 0 Å². The molecule has 4 aromatic carbocycles. The Morgan fingerprint density at radius 1 is 0.695 bits per heavy atom. The van der Waals surface area contributed by atoms with E-state index in [1.54, 1.807) is 0 Å². The molecule has 2 N–H and O–H groups in total. The van der Waals surface area contributed by atoms with Crippen LogP contribution in [0.25, 0.3) is 0 Å². The van der Waals surface area contributed by atoms with Crippen LogP contribution in [0.15, 0.2) is 121 Å². The summed E-state index contributed by atoms with van der Waals surface area (Å²) in [5.74, 6) is 1.29. The molecule has 10 atom stereocenters. The lowest BCUT2D eigenvalue weighted by Crippen LogP contribution is -2.62. The fourth-order valence-electron chi connectivity index (χ4n) is 9.69. The van der Waals surface area contributed by atoms with Gasteiger partial charge in [0, 0.05) is 13.5 Å². The van der Waals surface area contributed by atoms with Gasteiger partial charge in [0.05, 0.1) is 56.9 Å². The number of amides is 1. The highest BCUT2D eigenvalue weighted by atomic mass is 16.6. The van der Waals surface area contributed by atoms with Crippen molar-refractivity contribution in [3.8, 4) is 0 Å². The summed E-state index contributed by atoms with van der Waals surface area (Å²) < 4.78 is 34.0. The molecule has 2 heterocycles. The summed E-state index contributed by atoms with van der Waals surface area (Å²) in [7, 11) is 1.94. The second kappa shape index (κ2) is 20.6. The Morgan fingerprint density at radius 2 is 1.17 bits per heavy atom. The number of aliphatic hydroxyl groups excluding tert-OH is 1. The Labute approximate surface area is 351 Å². The maximum Gasteiger partial charge on any atom is 0.241 e. The first-order valence-corrected chi connectivity index (χ1v) is 21.7. The molecule has 2 saturated heterocycles. The average Bonchev–Trinajstić information content (AvgIpc) is 3.46. The summed E-state index contributed by atoms with van der Waals surface area (Å²) in [6.07, 6.45) is -0.171. The first-order chi connectivity index (χ1) is 28.7. The molecule has 2 aliphatic heterocycles. The van der Waals surface area contributed by atoms with Gasteiger partial charge in [-0.05, 0) is 59.3 Å². The molecule has 7 rings (SSSR count). The van der Waals surface area contributed by atoms with Crippen molar-refractivity contribution in [1.82, 2.24) is 10.2 Å². The van der Waals surface area contributed by atoms with Crippen molar-refractivity contribution in [3.05, 3.63) is 144 Å². The first-order valence-electron chi connectivity index (χ1n) is 21.7. The van der Waals surface area contributed by atoms with Gasteiger partial charge in [0.25, 0.3) is 0 Å². The molecule has 316 valence electrons. The molecule has 59 heavy (non-hydrogen) atoms. The number of carbonyl (C=O) groups excluding carboxylic acids is 1. The van der Waals surface area contributed by atoms with Crippen molar-refractivity contribution in [2.45, 2.75) is 128 Å². The van der Waals surface area contributed by atoms with Crippen LogP contribution in [-0.4, -0.2) is 77.9 Å². The lowest BCUT2D eigenvalue weighted by atomic mass is 9.69. The van der Waals surface area contributed by atoms with Crippen molar-refractivity contribution in [1.29, 1.82) is 0 Å². The van der Waals surface area contributed by atoms with Gasteiger partial charge in [0.15, 0.2) is 0 Å². The number of hydrogen-bond acceptors (Lipinski definition) is 8. The zero-order valence-corrected chi connectivity index (χ0v) is 35.2. The zero-order valence-electron chi connectivity index (χ0n) is 35.2. The van der Waals surface area contributed by atoms with E-state index in [2.05, 4.69) is 26.1 Å². The molecule has 0 radical (unpaired) electrons. The largest absolute Gasteiger partial charge is 0.393 e. The lowest BCUT2D eigenvalue weighted by Gasteiger charge is -2.49. The molecule has 4 aromatic rings. The minimum Gasteiger partial charge on any atom is -0.393 e. The Morgan fingerprint density at radius 3 is 1.68 bits per heavy atom. The minimum atomic E-state index is -0.867. The summed E-state index contributed by atoms with van der Waals surface area (Å²) in [5.41, 5.74) is 3.70. The summed E-state index contributed by atoms with van der Waals surface area (Å²) >= 11 is 0. The first kappa shape index (κ1) is 43.2. The third-order valence-electron chi connectivity index (χ3n) is 12.7. The third-order valence-corrected chi connectivity index (χ3v) is 12.7. The van der Waals surface area contributed by atoms with Gasteiger partial charge < -0.3 is 33.7 Å². The third kappa shape index (κ3) is 10.9. The number of rotatable bonds is 18. The standard InChI is InChI=1S/C50H64N2O7/c1-35(2)42-26-25-36(3)29-50(42)51-43(49(54)52(50)4)27-41(53)28-44-46(56-31-38-19-11-6-12-20-38)48(58-33-40-23-15-8-16-24-40)47(57-32-39-21-13-7-14-22-39)45(59-44)34-55-30-37-17-9-5-10-18-37/h5-24,35-36,41-48,51,53H,25-34H2,1-4H3/t36-,41+,42+,43-,44-,45-,46+,47+,48-,50+/m1/s1. The number of benzene rings is 4. The van der Waals surface area contributed by atoms with E-state index in [9.17, 15) is 9.90 Å². The van der Waals surface area contributed by atoms with Crippen LogP contribution in [0, 0.1) is 17.8 Å². The van der Waals surface area contributed by atoms with Crippen molar-refractivity contribution in [2.24, 2.45) is 17.8 Å². The zero-order chi connectivity index (χ0) is 41.2. The number of hydrogen-bond donors (Lipinski definition) is 2. The number of aliphatic hydroxyl groups is 1. The molecule has 1 amide bonds. The molecule has 1 aliphatic carbocycles. The van der Waals surface area contributed by atoms with E-state index in [-0.39, 0.29) is 25.4 Å². The monoisotopic (exact) mass is 804 g/mol. The summed E-state index contributed by atoms with van der Waals surface area (Å²) in [6, 6.07) is 39.8. The van der Waals surface area contributed by atoms with Crippen LogP contribution in [0.4, 0.5) is 0 Å². The fraction of sp³-hybridized carbons (Fsp3) is 0.500. The minimum absolute atomic E-state index is 0.0378. The topological polar surface area (TPSA) is 98.7 Å². The molecule has 0 bridgehead atoms. The smallest absolute Gasteiger partial charge is 0.241 e. The maximum atomic E-state index is 14.0. The molecule has 1 saturated carbocycles. The normalized spacial score (nSPS) is 29.0. The maximum absolute atomic E-state index is 14.0. The van der Waals surface area contributed by atoms with Crippen molar-refractivity contribution in [3.63, 3.8) is 0 Å². The van der Waals surface area contributed by atoms with E-state index in [4.69, 9.17) is 23.7 Å². The molecule has 9 heteroatoms. The van der Waals surface area contributed by atoms with Crippen molar-refractivity contribution < 1.29 is 33.6 Å². The van der Waals surface area contributed by atoms with Gasteiger partial charge in [0.1, 0.15) is 24.4 Å². The predicted octanol–water partition coefficient (Wildman–Crippen LogP) is 8.09. The van der Waals surface area contributed by atoms with Crippen molar-refractivity contribution >= 4 is 5.91 Å². The second-order valence-corrected chi connectivity index (χ2v) is 17.4. The van der Waals surface area contributed by atoms with Gasteiger partial charge in [-0.3, -0.25) is 10.1 Å². The van der Waals surface area contributed by atoms with E-state index >= 15 is 0 Å². The predicted molar refractivity (Wildman–Crippen MR) is 229 cm³/mol. The van der Waals surface area contributed by atoms with Crippen LogP contribution in [0.1, 0.15) is 75.1 Å². The number of carbonyl (C=O) groups is 1. The fourth-order valence-corrected chi connectivity index (χ4v) is 9.69. The number of nitrogens with one attached hydrogen (secondary N) is 1. The highest BCUT2D eigenvalue weighted by molar-refractivity contribution is 5.85. The summed E-state index contributed by atoms with van der Waals surface area (Å²) in [4.78, 5) is 16.0. The van der Waals surface area contributed by atoms with Crippen molar-refractivity contribution in [2.75, 3.05) is 13.7 Å². The molecular formula is C50H64N2O7. The lowest BCUT2D eigenvalue weighted by molar-refractivity contribution is -0.276. The molecule has 0 unspecified atom stereocenters. The van der Waals surface area contributed by atoms with Crippen LogP contribution in [0.3, 0.4) is 0 Å². The van der Waals surface area contributed by atoms with Gasteiger partial charge >= 0.3 is 0 Å². The Hall–Kier alpha value is -3.93. The molecule has 3 fully saturated rings. The quantitative estimate of drug-likeness (QED) is 0.104. The Balaban J connectivity index is 1.17. The number of ether oxygens (including phenoxy) is 5. The Bertz CT molecular complexity index is 1850. The SMILES string of the molecule is CC(C)[C@@H]1CC[C@@H](C)C[C@@]12N[C@H](C[C@H](O)C[C@H]1O[C@H](COCc3ccccc3)[C@H](OCc3ccccc3)[C@H](OCc3ccccc3)[C@H]1OCc1ccccc1)C(=O)N2C. The van der Waals surface area contributed by atoms with Crippen LogP contribution in [0.2, 0.25) is 0 Å². The number of likely N-dealkylation sites (N-methyl/N-ethyl adjacent to an activating group) is 1. The average molecular weight is 805 g/mol. The molecular weight excluding hydrogens is 741 g/mol. The highest BCUT2D eigenvalue weighted by Crippen LogP contribution is 2.46. The molecule has 1 spiro atoms. The summed E-state index contributed by atoms with van der Waals surface area (Å²) in [6.45, 7) is 8.43. The second-order valence-electron chi connectivity index (χ2n) is 17.4. The van der Waals surface area contributed by atoms with E-state index < -0.39 is 48.3 Å². The number of nitrogens with zero attached hydrogens (tertiary/aromatic N) is 1. The van der Waals surface area contributed by atoms with Crippen LogP contribution in [-0.2, 0) is 54.9 Å².